The van der Waals surface area contributed by atoms with E-state index in [2.05, 4.69) is 54.7 Å². The van der Waals surface area contributed by atoms with E-state index in [4.69, 9.17) is 0 Å². The highest BCUT2D eigenvalue weighted by Gasteiger charge is 2.20. The molecule has 0 aromatic carbocycles. The molecule has 0 spiro atoms. The lowest BCUT2D eigenvalue weighted by molar-refractivity contribution is -0.676. The molecule has 7 heteroatoms. The van der Waals surface area contributed by atoms with Crippen molar-refractivity contribution in [2.45, 2.75) is 52.4 Å². The summed E-state index contributed by atoms with van der Waals surface area (Å²) in [7, 11) is -3.93. The molecule has 0 radical (unpaired) electrons. The largest absolute Gasteiger partial charge is 0.673 e. The molecule has 122 valence electrons. The van der Waals surface area contributed by atoms with Gasteiger partial charge < -0.3 is 17.3 Å². The van der Waals surface area contributed by atoms with Gasteiger partial charge in [-0.1, -0.05) is 32.6 Å². The molecule has 21 heavy (non-hydrogen) atoms. The van der Waals surface area contributed by atoms with Crippen LogP contribution in [-0.2, 0) is 7.05 Å². The van der Waals surface area contributed by atoms with Gasteiger partial charge in [-0.3, -0.25) is 0 Å². The summed E-state index contributed by atoms with van der Waals surface area (Å²) in [5.74, 6) is 1.27. The summed E-state index contributed by atoms with van der Waals surface area (Å²) in [5.41, 5.74) is 0. The molecule has 2 nitrogen and oxygen atoms in total. The summed E-state index contributed by atoms with van der Waals surface area (Å²) >= 11 is 0. The topological polar surface area (TPSA) is 8.81 Å². The minimum atomic E-state index is -6.00. The van der Waals surface area contributed by atoms with Crippen molar-refractivity contribution in [2.75, 3.05) is 0 Å². The van der Waals surface area contributed by atoms with Crippen molar-refractivity contribution in [1.29, 1.82) is 0 Å². The van der Waals surface area contributed by atoms with Crippen LogP contribution in [0.25, 0.3) is 6.20 Å². The summed E-state index contributed by atoms with van der Waals surface area (Å²) < 4.78 is 43.3. The molecule has 0 aliphatic heterocycles. The Labute approximate surface area is 124 Å². The minimum Gasteiger partial charge on any atom is -0.418 e. The van der Waals surface area contributed by atoms with E-state index < -0.39 is 7.25 Å². The maximum absolute atomic E-state index is 9.75. The summed E-state index contributed by atoms with van der Waals surface area (Å²) in [4.78, 5) is 0. The Bertz CT molecular complexity index is 408. The molecule has 0 aliphatic rings. The Kier molecular flexibility index (Phi) is 9.83. The van der Waals surface area contributed by atoms with Crippen LogP contribution in [0.3, 0.4) is 0 Å². The van der Waals surface area contributed by atoms with Gasteiger partial charge in [0.1, 0.15) is 12.4 Å². The molecule has 0 fully saturated rings. The van der Waals surface area contributed by atoms with Crippen LogP contribution < -0.4 is 4.57 Å². The van der Waals surface area contributed by atoms with E-state index in [-0.39, 0.29) is 0 Å². The van der Waals surface area contributed by atoms with E-state index in [1.807, 2.05) is 0 Å². The van der Waals surface area contributed by atoms with E-state index in [9.17, 15) is 17.3 Å². The zero-order chi connectivity index (χ0) is 16.3. The zero-order valence-electron chi connectivity index (χ0n) is 13.0. The molecule has 1 rings (SSSR count). The van der Waals surface area contributed by atoms with Crippen molar-refractivity contribution in [3.63, 3.8) is 0 Å². The van der Waals surface area contributed by atoms with Gasteiger partial charge in [0.15, 0.2) is 0 Å². The first-order valence-corrected chi connectivity index (χ1v) is 7.32. The van der Waals surface area contributed by atoms with Gasteiger partial charge in [-0.15, -0.1) is 0 Å². The molecule has 1 heterocycles. The standard InChI is InChI=1S/C14H25N2.BF4/c1-4-5-6-7-8-9-10-11-16-13-12-15(3)14(16)2;2-1(3,4)5/h10-13H,4-9H2,1-3H3;/q+1;-1. The molecule has 0 saturated carbocycles. The fraction of sp³-hybridized carbons (Fsp3) is 0.643. The number of rotatable bonds is 7. The summed E-state index contributed by atoms with van der Waals surface area (Å²) in [6.07, 6.45) is 16.6. The number of aromatic nitrogens is 2. The molecule has 0 aliphatic carbocycles. The maximum Gasteiger partial charge on any atom is 0.673 e. The predicted molar refractivity (Wildman–Crippen MR) is 79.2 cm³/mol. The van der Waals surface area contributed by atoms with Gasteiger partial charge in [-0.25, -0.2) is 9.13 Å². The third kappa shape index (κ3) is 12.2. The van der Waals surface area contributed by atoms with Gasteiger partial charge in [-0.2, -0.15) is 0 Å². The number of hydrogen-bond donors (Lipinski definition) is 0. The van der Waals surface area contributed by atoms with Gasteiger partial charge in [0.25, 0.3) is 5.82 Å². The number of imidazole rings is 1. The fourth-order valence-corrected chi connectivity index (χ4v) is 1.78. The molecular weight excluding hydrogens is 283 g/mol. The lowest BCUT2D eigenvalue weighted by Crippen LogP contribution is -2.29. The van der Waals surface area contributed by atoms with Crippen molar-refractivity contribution in [3.8, 4) is 0 Å². The second kappa shape index (κ2) is 10.5. The number of unbranched alkanes of at least 4 members (excludes halogenated alkanes) is 5. The summed E-state index contributed by atoms with van der Waals surface area (Å²) in [6, 6.07) is 0. The van der Waals surface area contributed by atoms with Crippen LogP contribution >= 0.6 is 0 Å². The lowest BCUT2D eigenvalue weighted by atomic mass is 10.1. The van der Waals surface area contributed by atoms with Crippen LogP contribution in [0, 0.1) is 6.92 Å². The zero-order valence-corrected chi connectivity index (χ0v) is 13.0. The van der Waals surface area contributed by atoms with E-state index in [1.54, 1.807) is 0 Å². The van der Waals surface area contributed by atoms with Crippen LogP contribution in [0.1, 0.15) is 51.3 Å². The Hall–Kier alpha value is -1.27. The van der Waals surface area contributed by atoms with Crippen LogP contribution in [0.4, 0.5) is 17.3 Å². The molecule has 0 amide bonds. The van der Waals surface area contributed by atoms with Gasteiger partial charge in [0, 0.05) is 6.92 Å². The van der Waals surface area contributed by atoms with Crippen molar-refractivity contribution in [2.24, 2.45) is 7.05 Å². The van der Waals surface area contributed by atoms with Gasteiger partial charge >= 0.3 is 7.25 Å². The van der Waals surface area contributed by atoms with Crippen molar-refractivity contribution < 1.29 is 21.8 Å². The second-order valence-corrected chi connectivity index (χ2v) is 4.95. The van der Waals surface area contributed by atoms with Crippen LogP contribution in [-0.4, -0.2) is 11.8 Å². The first-order chi connectivity index (χ1) is 9.75. The molecule has 0 atom stereocenters. The first kappa shape index (κ1) is 19.7. The molecule has 0 unspecified atom stereocenters. The van der Waals surface area contributed by atoms with Crippen LogP contribution in [0.5, 0.6) is 0 Å². The molecular formula is C14H25BF4N2. The van der Waals surface area contributed by atoms with Gasteiger partial charge in [-0.05, 0) is 18.9 Å². The quantitative estimate of drug-likeness (QED) is 0.297. The van der Waals surface area contributed by atoms with E-state index in [0.29, 0.717) is 0 Å². The SMILES string of the molecule is CCCCCCCC=Cn1cc[n+](C)c1C.F[B-](F)(F)F. The Morgan fingerprint density at radius 3 is 2.19 bits per heavy atom. The number of hydrogen-bond acceptors (Lipinski definition) is 0. The highest BCUT2D eigenvalue weighted by atomic mass is 19.5. The molecule has 1 aromatic heterocycles. The maximum atomic E-state index is 9.75. The van der Waals surface area contributed by atoms with E-state index >= 15 is 0 Å². The third-order valence-corrected chi connectivity index (χ3v) is 3.08. The fourth-order valence-electron chi connectivity index (χ4n) is 1.78. The molecule has 0 saturated heterocycles. The monoisotopic (exact) mass is 308 g/mol. The molecule has 0 bridgehead atoms. The average molecular weight is 308 g/mol. The molecule has 0 N–H and O–H groups in total. The third-order valence-electron chi connectivity index (χ3n) is 3.08. The average Bonchev–Trinajstić information content (AvgIpc) is 2.67. The van der Waals surface area contributed by atoms with Crippen molar-refractivity contribution in [3.05, 3.63) is 24.3 Å². The van der Waals surface area contributed by atoms with E-state index in [0.717, 1.165) is 0 Å². The van der Waals surface area contributed by atoms with Crippen LogP contribution in [0.2, 0.25) is 0 Å². The normalized spacial score (nSPS) is 11.6. The van der Waals surface area contributed by atoms with Crippen molar-refractivity contribution >= 4 is 13.5 Å². The number of allylic oxidation sites excluding steroid dienone is 1. The number of halogens is 4. The highest BCUT2D eigenvalue weighted by Crippen LogP contribution is 2.07. The number of aryl methyl sites for hydroxylation is 1. The highest BCUT2D eigenvalue weighted by molar-refractivity contribution is 6.50. The van der Waals surface area contributed by atoms with Gasteiger partial charge in [0.2, 0.25) is 0 Å². The number of nitrogens with zero attached hydrogens (tertiary/aromatic N) is 2. The summed E-state index contributed by atoms with van der Waals surface area (Å²) in [6.45, 7) is 4.39. The lowest BCUT2D eigenvalue weighted by Gasteiger charge is -1.95. The van der Waals surface area contributed by atoms with Crippen molar-refractivity contribution in [1.82, 2.24) is 4.57 Å². The minimum absolute atomic E-state index is 1.20. The Morgan fingerprint density at radius 1 is 1.14 bits per heavy atom. The first-order valence-electron chi connectivity index (χ1n) is 7.32. The van der Waals surface area contributed by atoms with Crippen LogP contribution in [0.15, 0.2) is 18.5 Å². The Morgan fingerprint density at radius 2 is 1.71 bits per heavy atom. The smallest absolute Gasteiger partial charge is 0.418 e. The Balaban J connectivity index is 0.000000690. The van der Waals surface area contributed by atoms with E-state index in [1.165, 1.54) is 44.3 Å². The summed E-state index contributed by atoms with van der Waals surface area (Å²) in [5, 5.41) is 0. The second-order valence-electron chi connectivity index (χ2n) is 4.95. The van der Waals surface area contributed by atoms with Gasteiger partial charge in [0.05, 0.1) is 13.2 Å². The molecule has 1 aromatic rings. The predicted octanol–water partition coefficient (Wildman–Crippen LogP) is 4.75.